The van der Waals surface area contributed by atoms with Crippen LogP contribution >= 0.6 is 11.3 Å². The molecule has 102 valence electrons. The van der Waals surface area contributed by atoms with Crippen molar-refractivity contribution in [1.82, 2.24) is 10.2 Å². The molecule has 0 radical (unpaired) electrons. The molecular formula is C14H25N3S. The van der Waals surface area contributed by atoms with Gasteiger partial charge in [0, 0.05) is 54.2 Å². The molecule has 3 nitrogen and oxygen atoms in total. The highest BCUT2D eigenvalue weighted by Gasteiger charge is 2.16. The van der Waals surface area contributed by atoms with Gasteiger partial charge >= 0.3 is 0 Å². The van der Waals surface area contributed by atoms with E-state index in [1.807, 2.05) is 11.3 Å². The fourth-order valence-corrected chi connectivity index (χ4v) is 3.16. The Morgan fingerprint density at radius 3 is 2.67 bits per heavy atom. The second-order valence-corrected chi connectivity index (χ2v) is 5.82. The van der Waals surface area contributed by atoms with Crippen LogP contribution in [0.25, 0.3) is 5.70 Å². The largest absolute Gasteiger partial charge is 0.375 e. The zero-order valence-electron chi connectivity index (χ0n) is 12.0. The number of aryl methyl sites for hydroxylation is 1. The Morgan fingerprint density at radius 1 is 1.44 bits per heavy atom. The third-order valence-electron chi connectivity index (χ3n) is 3.25. The summed E-state index contributed by atoms with van der Waals surface area (Å²) in [5, 5.41) is 3.36. The van der Waals surface area contributed by atoms with Crippen molar-refractivity contribution >= 4 is 17.0 Å². The van der Waals surface area contributed by atoms with Crippen LogP contribution in [-0.2, 0) is 6.54 Å². The van der Waals surface area contributed by atoms with Gasteiger partial charge in [-0.2, -0.15) is 0 Å². The molecule has 1 aromatic rings. The van der Waals surface area contributed by atoms with Crippen LogP contribution in [0.2, 0.25) is 0 Å². The molecule has 0 aliphatic heterocycles. The van der Waals surface area contributed by atoms with E-state index in [2.05, 4.69) is 44.6 Å². The molecule has 1 heterocycles. The van der Waals surface area contributed by atoms with E-state index in [1.54, 1.807) is 0 Å². The first kappa shape index (κ1) is 15.2. The summed E-state index contributed by atoms with van der Waals surface area (Å²) in [6.07, 6.45) is 0. The lowest BCUT2D eigenvalue weighted by Crippen LogP contribution is -2.21. The highest BCUT2D eigenvalue weighted by atomic mass is 32.1. The average Bonchev–Trinajstić information content (AvgIpc) is 2.63. The van der Waals surface area contributed by atoms with Gasteiger partial charge in [0.05, 0.1) is 0 Å². The summed E-state index contributed by atoms with van der Waals surface area (Å²) < 4.78 is 0. The fourth-order valence-electron chi connectivity index (χ4n) is 1.99. The van der Waals surface area contributed by atoms with Crippen LogP contribution in [0.5, 0.6) is 0 Å². The SMILES string of the molecule is C=C(c1c(C)sc(CNCCN)c1C)N(C)CC. The summed E-state index contributed by atoms with van der Waals surface area (Å²) in [4.78, 5) is 4.93. The van der Waals surface area contributed by atoms with Gasteiger partial charge in [-0.25, -0.2) is 0 Å². The third kappa shape index (κ3) is 3.34. The van der Waals surface area contributed by atoms with E-state index in [0.29, 0.717) is 6.54 Å². The minimum absolute atomic E-state index is 0.682. The molecule has 4 heteroatoms. The smallest absolute Gasteiger partial charge is 0.0378 e. The van der Waals surface area contributed by atoms with E-state index in [-0.39, 0.29) is 0 Å². The first-order valence-electron chi connectivity index (χ1n) is 6.42. The maximum absolute atomic E-state index is 5.49. The maximum Gasteiger partial charge on any atom is 0.0378 e. The summed E-state index contributed by atoms with van der Waals surface area (Å²) >= 11 is 1.86. The van der Waals surface area contributed by atoms with Crippen molar-refractivity contribution in [2.24, 2.45) is 5.73 Å². The van der Waals surface area contributed by atoms with Gasteiger partial charge in [-0.3, -0.25) is 0 Å². The molecule has 0 aromatic carbocycles. The van der Waals surface area contributed by atoms with E-state index >= 15 is 0 Å². The van der Waals surface area contributed by atoms with Crippen LogP contribution in [0.4, 0.5) is 0 Å². The maximum atomic E-state index is 5.49. The number of hydrogen-bond donors (Lipinski definition) is 2. The molecule has 1 aromatic heterocycles. The van der Waals surface area contributed by atoms with Gasteiger partial charge in [0.1, 0.15) is 0 Å². The van der Waals surface area contributed by atoms with Crippen molar-refractivity contribution in [3.05, 3.63) is 27.5 Å². The monoisotopic (exact) mass is 267 g/mol. The number of rotatable bonds is 7. The van der Waals surface area contributed by atoms with Gasteiger partial charge in [0.15, 0.2) is 0 Å². The van der Waals surface area contributed by atoms with Crippen molar-refractivity contribution in [1.29, 1.82) is 0 Å². The molecule has 0 amide bonds. The van der Waals surface area contributed by atoms with E-state index in [0.717, 1.165) is 25.3 Å². The molecule has 3 N–H and O–H groups in total. The summed E-state index contributed by atoms with van der Waals surface area (Å²) in [6, 6.07) is 0. The van der Waals surface area contributed by atoms with Crippen LogP contribution in [-0.4, -0.2) is 31.6 Å². The molecule has 0 unspecified atom stereocenters. The van der Waals surface area contributed by atoms with E-state index in [4.69, 9.17) is 5.73 Å². The Kier molecular flexibility index (Phi) is 5.85. The van der Waals surface area contributed by atoms with E-state index < -0.39 is 0 Å². The summed E-state index contributed by atoms with van der Waals surface area (Å²) in [5.74, 6) is 0. The topological polar surface area (TPSA) is 41.3 Å². The van der Waals surface area contributed by atoms with Crippen molar-refractivity contribution in [3.63, 3.8) is 0 Å². The normalized spacial score (nSPS) is 10.7. The fraction of sp³-hybridized carbons (Fsp3) is 0.571. The number of nitrogens with zero attached hydrogens (tertiary/aromatic N) is 1. The van der Waals surface area contributed by atoms with Crippen LogP contribution in [0.3, 0.4) is 0 Å². The number of nitrogens with one attached hydrogen (secondary N) is 1. The lowest BCUT2D eigenvalue weighted by atomic mass is 10.1. The highest BCUT2D eigenvalue weighted by Crippen LogP contribution is 2.33. The second-order valence-electron chi connectivity index (χ2n) is 4.51. The molecule has 0 saturated carbocycles. The van der Waals surface area contributed by atoms with Crippen molar-refractivity contribution < 1.29 is 0 Å². The molecular weight excluding hydrogens is 242 g/mol. The lowest BCUT2D eigenvalue weighted by Gasteiger charge is -2.20. The van der Waals surface area contributed by atoms with Crippen LogP contribution in [0.15, 0.2) is 6.58 Å². The molecule has 0 atom stereocenters. The quantitative estimate of drug-likeness (QED) is 0.745. The van der Waals surface area contributed by atoms with E-state index in [9.17, 15) is 0 Å². The Labute approximate surface area is 115 Å². The van der Waals surface area contributed by atoms with Crippen molar-refractivity contribution in [2.75, 3.05) is 26.7 Å². The summed E-state index contributed by atoms with van der Waals surface area (Å²) in [6.45, 7) is 14.2. The molecule has 0 saturated heterocycles. The Balaban J connectivity index is 2.90. The first-order valence-corrected chi connectivity index (χ1v) is 7.24. The van der Waals surface area contributed by atoms with E-state index in [1.165, 1.54) is 20.9 Å². The Bertz CT molecular complexity index is 409. The molecule has 0 aliphatic carbocycles. The molecule has 0 spiro atoms. The average molecular weight is 267 g/mol. The highest BCUT2D eigenvalue weighted by molar-refractivity contribution is 7.12. The second kappa shape index (κ2) is 6.92. The van der Waals surface area contributed by atoms with Crippen molar-refractivity contribution in [2.45, 2.75) is 27.3 Å². The van der Waals surface area contributed by atoms with Gasteiger partial charge in [-0.1, -0.05) is 6.58 Å². The first-order chi connectivity index (χ1) is 8.52. The molecule has 0 bridgehead atoms. The minimum Gasteiger partial charge on any atom is -0.375 e. The third-order valence-corrected chi connectivity index (χ3v) is 4.46. The predicted molar refractivity (Wildman–Crippen MR) is 81.9 cm³/mol. The van der Waals surface area contributed by atoms with Gasteiger partial charge in [0.2, 0.25) is 0 Å². The number of nitrogens with two attached hydrogens (primary N) is 1. The summed E-state index contributed by atoms with van der Waals surface area (Å²) in [5.41, 5.74) is 9.28. The van der Waals surface area contributed by atoms with Gasteiger partial charge in [-0.05, 0) is 26.3 Å². The van der Waals surface area contributed by atoms with Gasteiger partial charge in [-0.15, -0.1) is 11.3 Å². The van der Waals surface area contributed by atoms with Gasteiger partial charge < -0.3 is 16.0 Å². The standard InChI is InChI=1S/C14H25N3S/c1-6-17(5)11(3)14-10(2)13(18-12(14)4)9-16-8-7-15/h16H,3,6-9,15H2,1-2,4-5H3. The van der Waals surface area contributed by atoms with Crippen LogP contribution in [0, 0.1) is 13.8 Å². The van der Waals surface area contributed by atoms with Crippen LogP contribution < -0.4 is 11.1 Å². The molecule has 18 heavy (non-hydrogen) atoms. The number of thiophene rings is 1. The molecule has 1 rings (SSSR count). The summed E-state index contributed by atoms with van der Waals surface area (Å²) in [7, 11) is 2.09. The van der Waals surface area contributed by atoms with Crippen LogP contribution in [0.1, 0.15) is 27.8 Å². The molecule has 0 aliphatic rings. The lowest BCUT2D eigenvalue weighted by molar-refractivity contribution is 0.510. The predicted octanol–water partition coefficient (Wildman–Crippen LogP) is 2.34. The zero-order chi connectivity index (χ0) is 13.7. The van der Waals surface area contributed by atoms with Gasteiger partial charge in [0.25, 0.3) is 0 Å². The minimum atomic E-state index is 0.682. The van der Waals surface area contributed by atoms with Crippen molar-refractivity contribution in [3.8, 4) is 0 Å². The zero-order valence-corrected chi connectivity index (χ0v) is 12.8. The Morgan fingerprint density at radius 2 is 2.11 bits per heavy atom. The molecule has 0 fully saturated rings. The Hall–Kier alpha value is -0.840. The number of hydrogen-bond acceptors (Lipinski definition) is 4.